The summed E-state index contributed by atoms with van der Waals surface area (Å²) >= 11 is 0. The molecule has 2 aromatic rings. The molecule has 1 aliphatic heterocycles. The van der Waals surface area contributed by atoms with E-state index in [9.17, 15) is 14.7 Å². The molecule has 1 atom stereocenters. The molecular weight excluding hydrogens is 384 g/mol. The first-order chi connectivity index (χ1) is 14.3. The zero-order valence-corrected chi connectivity index (χ0v) is 17.6. The number of aryl methyl sites for hydroxylation is 1. The van der Waals surface area contributed by atoms with Crippen LogP contribution in [-0.2, 0) is 14.3 Å². The van der Waals surface area contributed by atoms with E-state index in [4.69, 9.17) is 9.47 Å². The van der Waals surface area contributed by atoms with Crippen molar-refractivity contribution >= 4 is 17.4 Å². The fourth-order valence-corrected chi connectivity index (χ4v) is 3.56. The molecule has 1 saturated heterocycles. The molecule has 0 saturated carbocycles. The Balaban J connectivity index is 2.09. The summed E-state index contributed by atoms with van der Waals surface area (Å²) in [6.07, 6.45) is 3.19. The minimum atomic E-state index is -0.717. The van der Waals surface area contributed by atoms with Gasteiger partial charge in [-0.3, -0.25) is 14.6 Å². The molecule has 7 heteroatoms. The van der Waals surface area contributed by atoms with Gasteiger partial charge in [0.2, 0.25) is 0 Å². The number of aliphatic hydroxyl groups is 1. The second-order valence-electron chi connectivity index (χ2n) is 7.37. The maximum absolute atomic E-state index is 13.0. The van der Waals surface area contributed by atoms with E-state index in [2.05, 4.69) is 4.98 Å². The van der Waals surface area contributed by atoms with Crippen LogP contribution >= 0.6 is 0 Å². The van der Waals surface area contributed by atoms with Crippen molar-refractivity contribution in [1.82, 2.24) is 9.88 Å². The first-order valence-electron chi connectivity index (χ1n) is 9.80. The lowest BCUT2D eigenvalue weighted by Gasteiger charge is -2.25. The molecule has 0 radical (unpaired) electrons. The maximum Gasteiger partial charge on any atom is 0.295 e. The molecule has 1 aromatic carbocycles. The second-order valence-corrected chi connectivity index (χ2v) is 7.37. The first-order valence-corrected chi connectivity index (χ1v) is 9.80. The quantitative estimate of drug-likeness (QED) is 0.428. The van der Waals surface area contributed by atoms with Gasteiger partial charge in [0.15, 0.2) is 0 Å². The van der Waals surface area contributed by atoms with Gasteiger partial charge in [-0.25, -0.2) is 0 Å². The number of hydrogen-bond donors (Lipinski definition) is 1. The van der Waals surface area contributed by atoms with Crippen molar-refractivity contribution in [1.29, 1.82) is 0 Å². The summed E-state index contributed by atoms with van der Waals surface area (Å²) in [5.41, 5.74) is 1.96. The monoisotopic (exact) mass is 410 g/mol. The third-order valence-electron chi connectivity index (χ3n) is 5.03. The van der Waals surface area contributed by atoms with Crippen molar-refractivity contribution in [2.75, 3.05) is 20.3 Å². The van der Waals surface area contributed by atoms with Crippen molar-refractivity contribution in [3.05, 3.63) is 65.0 Å². The minimum absolute atomic E-state index is 0.00291. The van der Waals surface area contributed by atoms with E-state index < -0.39 is 17.7 Å². The zero-order valence-electron chi connectivity index (χ0n) is 17.6. The number of carbonyl (C=O) groups excluding carboxylic acids is 2. The molecule has 3 rings (SSSR count). The molecule has 30 heavy (non-hydrogen) atoms. The third kappa shape index (κ3) is 4.21. The zero-order chi connectivity index (χ0) is 21.8. The summed E-state index contributed by atoms with van der Waals surface area (Å²) in [4.78, 5) is 31.3. The molecule has 1 aromatic heterocycles. The van der Waals surface area contributed by atoms with Gasteiger partial charge in [-0.1, -0.05) is 0 Å². The largest absolute Gasteiger partial charge is 0.507 e. The van der Waals surface area contributed by atoms with Crippen molar-refractivity contribution in [3.63, 3.8) is 0 Å². The highest BCUT2D eigenvalue weighted by molar-refractivity contribution is 6.46. The topological polar surface area (TPSA) is 89.0 Å². The smallest absolute Gasteiger partial charge is 0.295 e. The van der Waals surface area contributed by atoms with E-state index in [1.54, 1.807) is 49.8 Å². The Bertz CT molecular complexity index is 969. The predicted octanol–water partition coefficient (Wildman–Crippen LogP) is 3.25. The lowest BCUT2D eigenvalue weighted by Crippen LogP contribution is -2.33. The van der Waals surface area contributed by atoms with Crippen LogP contribution in [0.5, 0.6) is 5.75 Å². The summed E-state index contributed by atoms with van der Waals surface area (Å²) in [6, 6.07) is 7.91. The van der Waals surface area contributed by atoms with E-state index >= 15 is 0 Å². The highest BCUT2D eigenvalue weighted by Gasteiger charge is 2.46. The van der Waals surface area contributed by atoms with E-state index in [-0.39, 0.29) is 30.6 Å². The Kier molecular flexibility index (Phi) is 6.52. The number of Topliss-reactive ketones (excluding diaryl/α,β-unsaturated/α-hetero) is 1. The number of nitrogens with zero attached hydrogens (tertiary/aromatic N) is 2. The van der Waals surface area contributed by atoms with Crippen LogP contribution in [0.4, 0.5) is 0 Å². The number of methoxy groups -OCH3 is 1. The van der Waals surface area contributed by atoms with Crippen LogP contribution in [0.15, 0.2) is 48.3 Å². The Morgan fingerprint density at radius 1 is 1.20 bits per heavy atom. The van der Waals surface area contributed by atoms with E-state index in [0.29, 0.717) is 16.9 Å². The molecule has 0 bridgehead atoms. The normalized spacial score (nSPS) is 18.3. The average molecular weight is 410 g/mol. The van der Waals surface area contributed by atoms with Gasteiger partial charge >= 0.3 is 0 Å². The number of rotatable bonds is 7. The van der Waals surface area contributed by atoms with Crippen LogP contribution in [0.3, 0.4) is 0 Å². The number of hydrogen-bond acceptors (Lipinski definition) is 6. The molecule has 1 fully saturated rings. The lowest BCUT2D eigenvalue weighted by molar-refractivity contribution is -0.140. The van der Waals surface area contributed by atoms with Gasteiger partial charge in [0.1, 0.15) is 11.5 Å². The Hall–Kier alpha value is -3.19. The maximum atomic E-state index is 13.0. The van der Waals surface area contributed by atoms with Crippen LogP contribution in [0.1, 0.15) is 36.6 Å². The van der Waals surface area contributed by atoms with Crippen molar-refractivity contribution < 1.29 is 24.2 Å². The summed E-state index contributed by atoms with van der Waals surface area (Å²) in [5, 5.41) is 11.1. The molecule has 0 spiro atoms. The van der Waals surface area contributed by atoms with Gasteiger partial charge in [0, 0.05) is 24.5 Å². The second kappa shape index (κ2) is 9.09. The number of amides is 1. The molecule has 1 amide bonds. The molecule has 2 heterocycles. The van der Waals surface area contributed by atoms with Crippen LogP contribution in [0.2, 0.25) is 0 Å². The minimum Gasteiger partial charge on any atom is -0.507 e. The molecule has 7 nitrogen and oxygen atoms in total. The van der Waals surface area contributed by atoms with Crippen LogP contribution < -0.4 is 4.74 Å². The molecule has 158 valence electrons. The molecule has 1 aliphatic rings. The van der Waals surface area contributed by atoms with Crippen LogP contribution in [0, 0.1) is 6.92 Å². The predicted molar refractivity (Wildman–Crippen MR) is 112 cm³/mol. The lowest BCUT2D eigenvalue weighted by atomic mass is 9.94. The number of carbonyl (C=O) groups is 2. The fourth-order valence-electron chi connectivity index (χ4n) is 3.56. The average Bonchev–Trinajstić information content (AvgIpc) is 2.98. The van der Waals surface area contributed by atoms with E-state index in [1.807, 2.05) is 20.8 Å². The number of aromatic nitrogens is 1. The Morgan fingerprint density at radius 3 is 2.50 bits per heavy atom. The summed E-state index contributed by atoms with van der Waals surface area (Å²) in [7, 11) is 1.56. The molecular formula is C23H26N2O5. The van der Waals surface area contributed by atoms with Gasteiger partial charge in [0.25, 0.3) is 11.7 Å². The van der Waals surface area contributed by atoms with Gasteiger partial charge < -0.3 is 19.5 Å². The number of ether oxygens (including phenoxy) is 2. The van der Waals surface area contributed by atoms with Crippen molar-refractivity contribution in [3.8, 4) is 5.75 Å². The number of aliphatic hydroxyl groups excluding tert-OH is 1. The Morgan fingerprint density at radius 2 is 1.90 bits per heavy atom. The van der Waals surface area contributed by atoms with Crippen LogP contribution in [0.25, 0.3) is 5.76 Å². The number of likely N-dealkylation sites (tertiary alicyclic amines) is 1. The SMILES string of the molecule is COc1ccc(/C(O)=C2/C(=O)C(=O)N(CCOC(C)C)C2c2ccncc2)c(C)c1. The summed E-state index contributed by atoms with van der Waals surface area (Å²) in [6.45, 7) is 6.13. The molecule has 1 unspecified atom stereocenters. The number of pyridine rings is 1. The van der Waals surface area contributed by atoms with Gasteiger partial charge in [-0.15, -0.1) is 0 Å². The third-order valence-corrected chi connectivity index (χ3v) is 5.03. The molecule has 1 N–H and O–H groups in total. The van der Waals surface area contributed by atoms with Crippen molar-refractivity contribution in [2.45, 2.75) is 32.9 Å². The van der Waals surface area contributed by atoms with E-state index in [1.165, 1.54) is 4.90 Å². The van der Waals surface area contributed by atoms with Gasteiger partial charge in [0.05, 0.1) is 31.4 Å². The Labute approximate surface area is 175 Å². The highest BCUT2D eigenvalue weighted by atomic mass is 16.5. The molecule has 0 aliphatic carbocycles. The van der Waals surface area contributed by atoms with Gasteiger partial charge in [-0.05, 0) is 62.2 Å². The highest BCUT2D eigenvalue weighted by Crippen LogP contribution is 2.39. The summed E-state index contributed by atoms with van der Waals surface area (Å²) < 4.78 is 10.8. The van der Waals surface area contributed by atoms with Crippen LogP contribution in [-0.4, -0.2) is 53.0 Å². The number of ketones is 1. The summed E-state index contributed by atoms with van der Waals surface area (Å²) in [5.74, 6) is -0.936. The van der Waals surface area contributed by atoms with Gasteiger partial charge in [-0.2, -0.15) is 0 Å². The first kappa shape index (κ1) is 21.5. The fraction of sp³-hybridized carbons (Fsp3) is 0.348. The number of benzene rings is 1. The van der Waals surface area contributed by atoms with E-state index in [0.717, 1.165) is 5.56 Å². The van der Waals surface area contributed by atoms with Crippen molar-refractivity contribution in [2.24, 2.45) is 0 Å². The standard InChI is InChI=1S/C23H26N2O5/c1-14(2)30-12-11-25-20(16-7-9-24-10-8-16)19(22(27)23(25)28)21(26)18-6-5-17(29-4)13-15(18)3/h5-10,13-14,20,26H,11-12H2,1-4H3/b21-19-.